The maximum atomic E-state index is 12.5. The normalized spacial score (nSPS) is 10.5. The van der Waals surface area contributed by atoms with Gasteiger partial charge in [-0.3, -0.25) is 10.1 Å². The van der Waals surface area contributed by atoms with Crippen LogP contribution in [0.1, 0.15) is 27.7 Å². The van der Waals surface area contributed by atoms with Gasteiger partial charge >= 0.3 is 0 Å². The standard InChI is InChI=1S/C19H17ClN2O2S/c1-2-24-17-6-4-3-5-16(17)18(23)22-19-21-12-15(25-19)11-13-7-9-14(20)10-8-13/h3-10,12H,2,11H2,1H3,(H,21,22,23). The molecule has 1 N–H and O–H groups in total. The van der Waals surface area contributed by atoms with Gasteiger partial charge in [-0.15, -0.1) is 11.3 Å². The van der Waals surface area contributed by atoms with E-state index in [0.717, 1.165) is 16.9 Å². The zero-order valence-electron chi connectivity index (χ0n) is 13.7. The molecule has 0 radical (unpaired) electrons. The van der Waals surface area contributed by atoms with Crippen molar-refractivity contribution in [3.63, 3.8) is 0 Å². The minimum absolute atomic E-state index is 0.226. The Hall–Kier alpha value is -2.37. The fourth-order valence-corrected chi connectivity index (χ4v) is 3.32. The minimum atomic E-state index is -0.226. The number of anilines is 1. The van der Waals surface area contributed by atoms with Gasteiger partial charge in [-0.1, -0.05) is 35.9 Å². The third-order valence-corrected chi connectivity index (χ3v) is 4.66. The lowest BCUT2D eigenvalue weighted by Crippen LogP contribution is -2.13. The molecule has 0 atom stereocenters. The van der Waals surface area contributed by atoms with E-state index in [1.807, 2.05) is 43.3 Å². The molecule has 25 heavy (non-hydrogen) atoms. The SMILES string of the molecule is CCOc1ccccc1C(=O)Nc1ncc(Cc2ccc(Cl)cc2)s1. The fourth-order valence-electron chi connectivity index (χ4n) is 2.35. The summed E-state index contributed by atoms with van der Waals surface area (Å²) in [7, 11) is 0. The first kappa shape index (κ1) is 17.5. The molecule has 1 amide bonds. The van der Waals surface area contributed by atoms with Gasteiger partial charge in [0.1, 0.15) is 5.75 Å². The van der Waals surface area contributed by atoms with Gasteiger partial charge in [-0.2, -0.15) is 0 Å². The predicted molar refractivity (Wildman–Crippen MR) is 102 cm³/mol. The second kappa shape index (κ2) is 8.14. The van der Waals surface area contributed by atoms with E-state index in [2.05, 4.69) is 10.3 Å². The van der Waals surface area contributed by atoms with Crippen LogP contribution in [0.25, 0.3) is 0 Å². The Morgan fingerprint density at radius 2 is 1.96 bits per heavy atom. The molecule has 0 bridgehead atoms. The van der Waals surface area contributed by atoms with Crippen LogP contribution in [0.2, 0.25) is 5.02 Å². The van der Waals surface area contributed by atoms with Gasteiger partial charge in [0, 0.05) is 22.5 Å². The van der Waals surface area contributed by atoms with Crippen LogP contribution in [-0.2, 0) is 6.42 Å². The maximum absolute atomic E-state index is 12.5. The fraction of sp³-hybridized carbons (Fsp3) is 0.158. The number of para-hydroxylation sites is 1. The van der Waals surface area contributed by atoms with Crippen LogP contribution in [0.4, 0.5) is 5.13 Å². The number of nitrogens with one attached hydrogen (secondary N) is 1. The predicted octanol–water partition coefficient (Wildman–Crippen LogP) is 5.04. The molecule has 0 fully saturated rings. The van der Waals surface area contributed by atoms with Gasteiger partial charge in [-0.25, -0.2) is 4.98 Å². The maximum Gasteiger partial charge on any atom is 0.261 e. The Labute approximate surface area is 155 Å². The van der Waals surface area contributed by atoms with Crippen molar-refractivity contribution in [1.82, 2.24) is 4.98 Å². The van der Waals surface area contributed by atoms with Crippen LogP contribution in [-0.4, -0.2) is 17.5 Å². The molecule has 0 saturated heterocycles. The Bertz CT molecular complexity index is 862. The Kier molecular flexibility index (Phi) is 5.68. The summed E-state index contributed by atoms with van der Waals surface area (Å²) in [6.07, 6.45) is 2.53. The zero-order chi connectivity index (χ0) is 17.6. The van der Waals surface area contributed by atoms with Crippen molar-refractivity contribution in [2.24, 2.45) is 0 Å². The first-order valence-corrected chi connectivity index (χ1v) is 9.07. The van der Waals surface area contributed by atoms with Crippen LogP contribution in [0.3, 0.4) is 0 Å². The third kappa shape index (κ3) is 4.59. The number of rotatable bonds is 6. The number of thiazole rings is 1. The van der Waals surface area contributed by atoms with Crippen LogP contribution in [0.5, 0.6) is 5.75 Å². The van der Waals surface area contributed by atoms with E-state index in [1.165, 1.54) is 11.3 Å². The highest BCUT2D eigenvalue weighted by atomic mass is 35.5. The van der Waals surface area contributed by atoms with Gasteiger partial charge in [0.15, 0.2) is 5.13 Å². The smallest absolute Gasteiger partial charge is 0.261 e. The molecular formula is C19H17ClN2O2S. The summed E-state index contributed by atoms with van der Waals surface area (Å²) >= 11 is 7.36. The van der Waals surface area contributed by atoms with Crippen LogP contribution >= 0.6 is 22.9 Å². The summed E-state index contributed by atoms with van der Waals surface area (Å²) in [6, 6.07) is 14.9. The lowest BCUT2D eigenvalue weighted by molar-refractivity contribution is 0.102. The number of aromatic nitrogens is 1. The number of ether oxygens (including phenoxy) is 1. The van der Waals surface area contributed by atoms with Gasteiger partial charge in [0.2, 0.25) is 0 Å². The lowest BCUT2D eigenvalue weighted by Gasteiger charge is -2.08. The highest BCUT2D eigenvalue weighted by Gasteiger charge is 2.14. The number of hydrogen-bond acceptors (Lipinski definition) is 4. The van der Waals surface area contributed by atoms with E-state index in [1.54, 1.807) is 18.3 Å². The van der Waals surface area contributed by atoms with Crippen molar-refractivity contribution in [1.29, 1.82) is 0 Å². The lowest BCUT2D eigenvalue weighted by atomic mass is 10.1. The molecule has 3 rings (SSSR count). The van der Waals surface area contributed by atoms with Gasteiger partial charge in [0.25, 0.3) is 5.91 Å². The minimum Gasteiger partial charge on any atom is -0.493 e. The highest BCUT2D eigenvalue weighted by Crippen LogP contribution is 2.24. The van der Waals surface area contributed by atoms with Crippen molar-refractivity contribution in [2.75, 3.05) is 11.9 Å². The molecule has 2 aromatic carbocycles. The van der Waals surface area contributed by atoms with E-state index in [-0.39, 0.29) is 5.91 Å². The molecule has 1 aromatic heterocycles. The van der Waals surface area contributed by atoms with Crippen molar-refractivity contribution < 1.29 is 9.53 Å². The number of benzene rings is 2. The largest absolute Gasteiger partial charge is 0.493 e. The molecule has 0 unspecified atom stereocenters. The van der Waals surface area contributed by atoms with Crippen molar-refractivity contribution in [3.05, 3.63) is 75.8 Å². The van der Waals surface area contributed by atoms with E-state index in [9.17, 15) is 4.79 Å². The molecule has 6 heteroatoms. The summed E-state index contributed by atoms with van der Waals surface area (Å²) in [6.45, 7) is 2.39. The summed E-state index contributed by atoms with van der Waals surface area (Å²) in [4.78, 5) is 17.8. The van der Waals surface area contributed by atoms with Crippen LogP contribution in [0.15, 0.2) is 54.7 Å². The average molecular weight is 373 g/mol. The van der Waals surface area contributed by atoms with E-state index < -0.39 is 0 Å². The third-order valence-electron chi connectivity index (χ3n) is 3.50. The molecule has 0 aliphatic rings. The van der Waals surface area contributed by atoms with Crippen molar-refractivity contribution in [2.45, 2.75) is 13.3 Å². The summed E-state index contributed by atoms with van der Waals surface area (Å²) in [5.74, 6) is 0.344. The number of carbonyl (C=O) groups excluding carboxylic acids is 1. The van der Waals surface area contributed by atoms with E-state index in [4.69, 9.17) is 16.3 Å². The monoisotopic (exact) mass is 372 g/mol. The topological polar surface area (TPSA) is 51.2 Å². The summed E-state index contributed by atoms with van der Waals surface area (Å²) in [5.41, 5.74) is 1.64. The molecular weight excluding hydrogens is 356 g/mol. The van der Waals surface area contributed by atoms with Crippen LogP contribution in [0, 0.1) is 0 Å². The Morgan fingerprint density at radius 1 is 1.20 bits per heavy atom. The second-order valence-corrected chi connectivity index (χ2v) is 6.87. The molecule has 0 aliphatic carbocycles. The van der Waals surface area contributed by atoms with Gasteiger partial charge < -0.3 is 4.74 Å². The molecule has 4 nitrogen and oxygen atoms in total. The number of nitrogens with zero attached hydrogens (tertiary/aromatic N) is 1. The molecule has 0 spiro atoms. The van der Waals surface area contributed by atoms with Gasteiger partial charge in [0.05, 0.1) is 12.2 Å². The molecule has 128 valence electrons. The van der Waals surface area contributed by atoms with Crippen molar-refractivity contribution in [3.8, 4) is 5.75 Å². The van der Waals surface area contributed by atoms with Crippen molar-refractivity contribution >= 4 is 34.0 Å². The highest BCUT2D eigenvalue weighted by molar-refractivity contribution is 7.15. The molecule has 3 aromatic rings. The summed E-state index contributed by atoms with van der Waals surface area (Å²) < 4.78 is 5.50. The molecule has 1 heterocycles. The number of halogens is 1. The first-order chi connectivity index (χ1) is 12.2. The second-order valence-electron chi connectivity index (χ2n) is 5.32. The Morgan fingerprint density at radius 3 is 2.72 bits per heavy atom. The number of amides is 1. The molecule has 0 saturated carbocycles. The first-order valence-electron chi connectivity index (χ1n) is 7.88. The van der Waals surface area contributed by atoms with E-state index >= 15 is 0 Å². The quantitative estimate of drug-likeness (QED) is 0.659. The average Bonchev–Trinajstić information content (AvgIpc) is 3.04. The zero-order valence-corrected chi connectivity index (χ0v) is 15.2. The van der Waals surface area contributed by atoms with E-state index in [0.29, 0.717) is 28.1 Å². The van der Waals surface area contributed by atoms with Gasteiger partial charge in [-0.05, 0) is 36.8 Å². The summed E-state index contributed by atoms with van der Waals surface area (Å²) in [5, 5.41) is 4.13. The Balaban J connectivity index is 1.69. The molecule has 0 aliphatic heterocycles. The number of carbonyl (C=O) groups is 1. The number of hydrogen-bond donors (Lipinski definition) is 1. The van der Waals surface area contributed by atoms with Crippen LogP contribution < -0.4 is 10.1 Å².